The molecule has 0 aliphatic heterocycles. The molecule has 0 aliphatic rings. The van der Waals surface area contributed by atoms with E-state index in [1.54, 1.807) is 0 Å². The molecular weight excluding hydrogens is 290 g/mol. The second-order valence-corrected chi connectivity index (χ2v) is 5.88. The van der Waals surface area contributed by atoms with Crippen LogP contribution in [0.15, 0.2) is 24.3 Å². The Kier molecular flexibility index (Phi) is 7.02. The highest BCUT2D eigenvalue weighted by Crippen LogP contribution is 2.17. The number of benzene rings is 1. The molecule has 18 heavy (non-hydrogen) atoms. The SMILES string of the molecule is CCCC(=O)Nc1ccc(CC(Br)CCC)cc1. The standard InChI is InChI=1S/C15H22BrNO/c1-3-5-13(16)11-12-7-9-14(10-8-12)17-15(18)6-4-2/h7-10,13H,3-6,11H2,1-2H3,(H,17,18). The van der Waals surface area contributed by atoms with Crippen molar-refractivity contribution in [1.29, 1.82) is 0 Å². The van der Waals surface area contributed by atoms with Crippen LogP contribution in [0.1, 0.15) is 45.1 Å². The number of halogens is 1. The van der Waals surface area contributed by atoms with Crippen LogP contribution in [0.2, 0.25) is 0 Å². The summed E-state index contributed by atoms with van der Waals surface area (Å²) in [6.45, 7) is 4.20. The number of carbonyl (C=O) groups excluding carboxylic acids is 1. The third kappa shape index (κ3) is 5.67. The summed E-state index contributed by atoms with van der Waals surface area (Å²) in [7, 11) is 0. The van der Waals surface area contributed by atoms with E-state index in [9.17, 15) is 4.79 Å². The summed E-state index contributed by atoms with van der Waals surface area (Å²) in [6.07, 6.45) is 4.89. The lowest BCUT2D eigenvalue weighted by atomic mass is 10.1. The van der Waals surface area contributed by atoms with Gasteiger partial charge < -0.3 is 5.32 Å². The van der Waals surface area contributed by atoms with Crippen LogP contribution < -0.4 is 5.32 Å². The summed E-state index contributed by atoms with van der Waals surface area (Å²) >= 11 is 3.68. The highest BCUT2D eigenvalue weighted by atomic mass is 79.9. The van der Waals surface area contributed by atoms with Crippen LogP contribution in [0.4, 0.5) is 5.69 Å². The smallest absolute Gasteiger partial charge is 0.224 e. The van der Waals surface area contributed by atoms with E-state index in [0.717, 1.165) is 18.5 Å². The van der Waals surface area contributed by atoms with Crippen molar-refractivity contribution >= 4 is 27.5 Å². The van der Waals surface area contributed by atoms with Crippen molar-refractivity contribution in [3.05, 3.63) is 29.8 Å². The number of amides is 1. The van der Waals surface area contributed by atoms with E-state index in [1.165, 1.54) is 18.4 Å². The summed E-state index contributed by atoms with van der Waals surface area (Å²) in [6, 6.07) is 8.14. The molecule has 1 rings (SSSR count). The van der Waals surface area contributed by atoms with E-state index < -0.39 is 0 Å². The van der Waals surface area contributed by atoms with Crippen LogP contribution in [0, 0.1) is 0 Å². The Morgan fingerprint density at radius 1 is 1.22 bits per heavy atom. The second-order valence-electron chi connectivity index (χ2n) is 4.59. The molecule has 0 bridgehead atoms. The fraction of sp³-hybridized carbons (Fsp3) is 0.533. The molecule has 0 saturated carbocycles. The Morgan fingerprint density at radius 2 is 1.89 bits per heavy atom. The van der Waals surface area contributed by atoms with Crippen LogP contribution in [0.5, 0.6) is 0 Å². The van der Waals surface area contributed by atoms with Crippen molar-refractivity contribution in [2.75, 3.05) is 5.32 Å². The number of alkyl halides is 1. The molecule has 0 saturated heterocycles. The minimum Gasteiger partial charge on any atom is -0.326 e. The Balaban J connectivity index is 2.49. The van der Waals surface area contributed by atoms with Gasteiger partial charge in [-0.05, 0) is 37.0 Å². The van der Waals surface area contributed by atoms with Crippen molar-refractivity contribution in [1.82, 2.24) is 0 Å². The van der Waals surface area contributed by atoms with Gasteiger partial charge in [-0.15, -0.1) is 0 Å². The molecule has 1 atom stereocenters. The predicted molar refractivity (Wildman–Crippen MR) is 81.3 cm³/mol. The third-order valence-corrected chi connectivity index (χ3v) is 3.56. The summed E-state index contributed by atoms with van der Waals surface area (Å²) in [5.41, 5.74) is 2.19. The van der Waals surface area contributed by atoms with Gasteiger partial charge in [0.25, 0.3) is 0 Å². The van der Waals surface area contributed by atoms with Crippen molar-refractivity contribution in [2.24, 2.45) is 0 Å². The fourth-order valence-electron chi connectivity index (χ4n) is 1.85. The van der Waals surface area contributed by atoms with Gasteiger partial charge in [-0.3, -0.25) is 4.79 Å². The maximum Gasteiger partial charge on any atom is 0.224 e. The van der Waals surface area contributed by atoms with Crippen LogP contribution in [-0.2, 0) is 11.2 Å². The van der Waals surface area contributed by atoms with Gasteiger partial charge in [-0.1, -0.05) is 48.3 Å². The summed E-state index contributed by atoms with van der Waals surface area (Å²) in [5.74, 6) is 0.0922. The number of rotatable bonds is 7. The first-order valence-corrected chi connectivity index (χ1v) is 7.60. The van der Waals surface area contributed by atoms with E-state index >= 15 is 0 Å². The number of anilines is 1. The number of hydrogen-bond acceptors (Lipinski definition) is 1. The maximum atomic E-state index is 11.4. The monoisotopic (exact) mass is 311 g/mol. The summed E-state index contributed by atoms with van der Waals surface area (Å²) in [4.78, 5) is 12.0. The van der Waals surface area contributed by atoms with Crippen LogP contribution in [0.3, 0.4) is 0 Å². The topological polar surface area (TPSA) is 29.1 Å². The van der Waals surface area contributed by atoms with E-state index in [-0.39, 0.29) is 5.91 Å². The largest absolute Gasteiger partial charge is 0.326 e. The van der Waals surface area contributed by atoms with E-state index in [0.29, 0.717) is 11.2 Å². The van der Waals surface area contributed by atoms with Crippen LogP contribution in [-0.4, -0.2) is 10.7 Å². The fourth-order valence-corrected chi connectivity index (χ4v) is 2.68. The van der Waals surface area contributed by atoms with Gasteiger partial charge in [0.1, 0.15) is 0 Å². The average molecular weight is 312 g/mol. The second kappa shape index (κ2) is 8.30. The van der Waals surface area contributed by atoms with Gasteiger partial charge >= 0.3 is 0 Å². The number of hydrogen-bond donors (Lipinski definition) is 1. The van der Waals surface area contributed by atoms with Gasteiger partial charge in [-0.25, -0.2) is 0 Å². The average Bonchev–Trinajstić information content (AvgIpc) is 2.32. The van der Waals surface area contributed by atoms with Gasteiger partial charge in [0, 0.05) is 16.9 Å². The molecule has 1 unspecified atom stereocenters. The minimum atomic E-state index is 0.0922. The van der Waals surface area contributed by atoms with E-state index in [1.807, 2.05) is 19.1 Å². The van der Waals surface area contributed by atoms with Crippen molar-refractivity contribution in [3.8, 4) is 0 Å². The lowest BCUT2D eigenvalue weighted by molar-refractivity contribution is -0.116. The molecule has 100 valence electrons. The van der Waals surface area contributed by atoms with Gasteiger partial charge in [0.05, 0.1) is 0 Å². The first kappa shape index (κ1) is 15.2. The van der Waals surface area contributed by atoms with Crippen molar-refractivity contribution < 1.29 is 4.79 Å². The first-order chi connectivity index (χ1) is 8.65. The molecule has 1 aromatic rings. The highest BCUT2D eigenvalue weighted by molar-refractivity contribution is 9.09. The first-order valence-electron chi connectivity index (χ1n) is 6.68. The molecule has 0 heterocycles. The van der Waals surface area contributed by atoms with Crippen LogP contribution in [0.25, 0.3) is 0 Å². The zero-order valence-electron chi connectivity index (χ0n) is 11.2. The van der Waals surface area contributed by atoms with E-state index in [2.05, 4.69) is 40.3 Å². The van der Waals surface area contributed by atoms with Gasteiger partial charge in [0.15, 0.2) is 0 Å². The maximum absolute atomic E-state index is 11.4. The normalized spacial score (nSPS) is 12.2. The van der Waals surface area contributed by atoms with Gasteiger partial charge in [-0.2, -0.15) is 0 Å². The minimum absolute atomic E-state index is 0.0922. The Hall–Kier alpha value is -0.830. The Bertz CT molecular complexity index is 361. The number of carbonyl (C=O) groups is 1. The summed E-state index contributed by atoms with van der Waals surface area (Å²) < 4.78 is 0. The number of nitrogens with one attached hydrogen (secondary N) is 1. The summed E-state index contributed by atoms with van der Waals surface area (Å²) in [5, 5.41) is 2.90. The lowest BCUT2D eigenvalue weighted by Crippen LogP contribution is -2.10. The van der Waals surface area contributed by atoms with Crippen molar-refractivity contribution in [3.63, 3.8) is 0 Å². The molecule has 0 radical (unpaired) electrons. The highest BCUT2D eigenvalue weighted by Gasteiger charge is 2.05. The Labute approximate surface area is 118 Å². The molecule has 1 amide bonds. The van der Waals surface area contributed by atoms with E-state index in [4.69, 9.17) is 0 Å². The zero-order valence-corrected chi connectivity index (χ0v) is 12.8. The Morgan fingerprint density at radius 3 is 2.44 bits per heavy atom. The molecule has 0 spiro atoms. The van der Waals surface area contributed by atoms with Gasteiger partial charge in [0.2, 0.25) is 5.91 Å². The molecule has 0 fully saturated rings. The molecule has 1 aromatic carbocycles. The molecule has 0 aliphatic carbocycles. The third-order valence-electron chi connectivity index (χ3n) is 2.77. The van der Waals surface area contributed by atoms with Crippen molar-refractivity contribution in [2.45, 2.75) is 50.8 Å². The van der Waals surface area contributed by atoms with Crippen LogP contribution >= 0.6 is 15.9 Å². The molecule has 3 heteroatoms. The zero-order chi connectivity index (χ0) is 13.4. The molecular formula is C15H22BrNO. The molecule has 2 nitrogen and oxygen atoms in total. The predicted octanol–water partition coefficient (Wildman–Crippen LogP) is 4.53. The molecule has 1 N–H and O–H groups in total. The lowest BCUT2D eigenvalue weighted by Gasteiger charge is -2.09. The quantitative estimate of drug-likeness (QED) is 0.736. The molecule has 0 aromatic heterocycles.